The van der Waals surface area contributed by atoms with Crippen molar-refractivity contribution < 1.29 is 14.3 Å². The summed E-state index contributed by atoms with van der Waals surface area (Å²) >= 11 is 0. The standard InChI is InChI=1S/C23H38N4O3.HI/c1-7-24-21(25-13-14-29-8-2)26-16-18-9-12-20(17(3)15-18)27(19-10-11-19)22(28)30-23(4,5)6;/h9,12,15,19H,7-8,10-11,13-14,16H2,1-6H3,(H2,24,25,26);1H. The zero-order valence-corrected chi connectivity index (χ0v) is 22.1. The van der Waals surface area contributed by atoms with Gasteiger partial charge in [-0.05, 0) is 71.6 Å². The maximum Gasteiger partial charge on any atom is 0.415 e. The highest BCUT2D eigenvalue weighted by atomic mass is 127. The number of carbonyl (C=O) groups is 1. The van der Waals surface area contributed by atoms with Crippen LogP contribution in [0.15, 0.2) is 23.2 Å². The Labute approximate surface area is 204 Å². The molecule has 0 spiro atoms. The molecule has 8 heteroatoms. The number of hydrogen-bond donors (Lipinski definition) is 2. The molecule has 0 aromatic heterocycles. The molecule has 176 valence electrons. The molecule has 0 heterocycles. The molecule has 1 amide bonds. The largest absolute Gasteiger partial charge is 0.443 e. The average Bonchev–Trinajstić information content (AvgIpc) is 3.48. The third kappa shape index (κ3) is 9.64. The number of nitrogens with zero attached hydrogens (tertiary/aromatic N) is 2. The lowest BCUT2D eigenvalue weighted by molar-refractivity contribution is 0.0577. The summed E-state index contributed by atoms with van der Waals surface area (Å²) < 4.78 is 11.0. The van der Waals surface area contributed by atoms with Gasteiger partial charge in [-0.15, -0.1) is 24.0 Å². The molecule has 2 rings (SSSR count). The third-order valence-electron chi connectivity index (χ3n) is 4.53. The van der Waals surface area contributed by atoms with Crippen molar-refractivity contribution in [3.63, 3.8) is 0 Å². The Morgan fingerprint density at radius 2 is 1.94 bits per heavy atom. The second kappa shape index (κ2) is 13.1. The van der Waals surface area contributed by atoms with E-state index in [0.717, 1.165) is 42.2 Å². The zero-order chi connectivity index (χ0) is 22.1. The van der Waals surface area contributed by atoms with Gasteiger partial charge in [0.2, 0.25) is 0 Å². The van der Waals surface area contributed by atoms with Crippen LogP contribution >= 0.6 is 24.0 Å². The van der Waals surface area contributed by atoms with Gasteiger partial charge in [0.25, 0.3) is 0 Å². The second-order valence-electron chi connectivity index (χ2n) is 8.52. The quantitative estimate of drug-likeness (QED) is 0.205. The Bertz CT molecular complexity index is 730. The third-order valence-corrected chi connectivity index (χ3v) is 4.53. The molecule has 2 N–H and O–H groups in total. The summed E-state index contributed by atoms with van der Waals surface area (Å²) in [5, 5.41) is 6.52. The van der Waals surface area contributed by atoms with E-state index in [4.69, 9.17) is 9.47 Å². The fraction of sp³-hybridized carbons (Fsp3) is 0.652. The molecule has 1 aliphatic carbocycles. The normalized spacial score (nSPS) is 13.9. The van der Waals surface area contributed by atoms with Crippen molar-refractivity contribution in [1.82, 2.24) is 10.6 Å². The van der Waals surface area contributed by atoms with Gasteiger partial charge in [0.15, 0.2) is 5.96 Å². The van der Waals surface area contributed by atoms with Gasteiger partial charge in [-0.1, -0.05) is 12.1 Å². The van der Waals surface area contributed by atoms with Gasteiger partial charge >= 0.3 is 6.09 Å². The number of anilines is 1. The molecule has 0 radical (unpaired) electrons. The van der Waals surface area contributed by atoms with Crippen molar-refractivity contribution >= 4 is 41.7 Å². The molecule has 0 saturated heterocycles. The van der Waals surface area contributed by atoms with Crippen LogP contribution in [0.25, 0.3) is 0 Å². The van der Waals surface area contributed by atoms with E-state index in [1.54, 1.807) is 0 Å². The molecule has 0 aliphatic heterocycles. The molecule has 1 aromatic carbocycles. The Morgan fingerprint density at radius 1 is 1.23 bits per heavy atom. The van der Waals surface area contributed by atoms with Crippen LogP contribution in [0.1, 0.15) is 58.6 Å². The first-order chi connectivity index (χ1) is 14.2. The van der Waals surface area contributed by atoms with Crippen LogP contribution in [0.4, 0.5) is 10.5 Å². The molecule has 0 unspecified atom stereocenters. The number of aliphatic imine (C=N–C) groups is 1. The molecule has 1 fully saturated rings. The van der Waals surface area contributed by atoms with Crippen LogP contribution in [0.3, 0.4) is 0 Å². The van der Waals surface area contributed by atoms with Gasteiger partial charge in [-0.25, -0.2) is 9.79 Å². The highest BCUT2D eigenvalue weighted by Crippen LogP contribution is 2.35. The maximum atomic E-state index is 12.8. The van der Waals surface area contributed by atoms with E-state index in [9.17, 15) is 4.79 Å². The van der Waals surface area contributed by atoms with E-state index in [1.165, 1.54) is 0 Å². The zero-order valence-electron chi connectivity index (χ0n) is 19.8. The van der Waals surface area contributed by atoms with Crippen LogP contribution < -0.4 is 15.5 Å². The summed E-state index contributed by atoms with van der Waals surface area (Å²) in [5.41, 5.74) is 2.55. The Balaban J connectivity index is 0.00000480. The van der Waals surface area contributed by atoms with Gasteiger partial charge in [0.05, 0.1) is 18.8 Å². The fourth-order valence-corrected chi connectivity index (χ4v) is 3.07. The lowest BCUT2D eigenvalue weighted by atomic mass is 10.1. The predicted octanol–water partition coefficient (Wildman–Crippen LogP) is 4.61. The fourth-order valence-electron chi connectivity index (χ4n) is 3.07. The summed E-state index contributed by atoms with van der Waals surface area (Å²) in [6, 6.07) is 6.38. The topological polar surface area (TPSA) is 75.2 Å². The summed E-state index contributed by atoms with van der Waals surface area (Å²) in [5.74, 6) is 0.771. The lowest BCUT2D eigenvalue weighted by Gasteiger charge is -2.28. The minimum Gasteiger partial charge on any atom is -0.443 e. The van der Waals surface area contributed by atoms with Crippen LogP contribution in [0.2, 0.25) is 0 Å². The van der Waals surface area contributed by atoms with Crippen molar-refractivity contribution in [3.8, 4) is 0 Å². The summed E-state index contributed by atoms with van der Waals surface area (Å²) in [7, 11) is 0. The van der Waals surface area contributed by atoms with Gasteiger partial charge in [0.1, 0.15) is 5.60 Å². The molecule has 1 aromatic rings. The van der Waals surface area contributed by atoms with Crippen LogP contribution in [-0.4, -0.2) is 50.0 Å². The number of ether oxygens (including phenoxy) is 2. The Kier molecular flexibility index (Phi) is 11.6. The van der Waals surface area contributed by atoms with Crippen molar-refractivity contribution in [3.05, 3.63) is 29.3 Å². The van der Waals surface area contributed by atoms with Gasteiger partial charge in [-0.3, -0.25) is 4.90 Å². The molecule has 0 bridgehead atoms. The minimum absolute atomic E-state index is 0. The number of guanidine groups is 1. The average molecular weight is 546 g/mol. The number of rotatable bonds is 9. The summed E-state index contributed by atoms with van der Waals surface area (Å²) in [6.45, 7) is 15.2. The lowest BCUT2D eigenvalue weighted by Crippen LogP contribution is -2.39. The van der Waals surface area contributed by atoms with Crippen LogP contribution in [-0.2, 0) is 16.0 Å². The Morgan fingerprint density at radius 3 is 2.48 bits per heavy atom. The van der Waals surface area contributed by atoms with Gasteiger partial charge in [0, 0.05) is 25.7 Å². The first-order valence-corrected chi connectivity index (χ1v) is 11.0. The molecule has 1 saturated carbocycles. The first kappa shape index (κ1) is 27.5. The number of hydrogen-bond acceptors (Lipinski definition) is 4. The van der Waals surface area contributed by atoms with Crippen molar-refractivity contribution in [2.45, 2.75) is 72.6 Å². The van der Waals surface area contributed by atoms with Gasteiger partial charge < -0.3 is 20.1 Å². The summed E-state index contributed by atoms with van der Waals surface area (Å²) in [6.07, 6.45) is 1.76. The van der Waals surface area contributed by atoms with Gasteiger partial charge in [-0.2, -0.15) is 0 Å². The maximum absolute atomic E-state index is 12.8. The molecular formula is C23H39IN4O3. The van der Waals surface area contributed by atoms with Crippen molar-refractivity contribution in [1.29, 1.82) is 0 Å². The highest BCUT2D eigenvalue weighted by Gasteiger charge is 2.37. The number of benzene rings is 1. The number of carbonyl (C=O) groups excluding carboxylic acids is 1. The van der Waals surface area contributed by atoms with Crippen LogP contribution in [0.5, 0.6) is 0 Å². The number of amides is 1. The predicted molar refractivity (Wildman–Crippen MR) is 138 cm³/mol. The number of nitrogens with one attached hydrogen (secondary N) is 2. The highest BCUT2D eigenvalue weighted by molar-refractivity contribution is 14.0. The Hall–Kier alpha value is -1.55. The second-order valence-corrected chi connectivity index (χ2v) is 8.52. The molecule has 1 aliphatic rings. The minimum atomic E-state index is -0.509. The monoisotopic (exact) mass is 546 g/mol. The van der Waals surface area contributed by atoms with E-state index in [0.29, 0.717) is 26.3 Å². The van der Waals surface area contributed by atoms with Crippen LogP contribution in [0, 0.1) is 6.92 Å². The first-order valence-electron chi connectivity index (χ1n) is 11.0. The molecular weight excluding hydrogens is 507 g/mol. The van der Waals surface area contributed by atoms with Crippen molar-refractivity contribution in [2.75, 3.05) is 31.2 Å². The van der Waals surface area contributed by atoms with E-state index in [1.807, 2.05) is 58.6 Å². The molecule has 7 nitrogen and oxygen atoms in total. The smallest absolute Gasteiger partial charge is 0.415 e. The van der Waals surface area contributed by atoms with E-state index >= 15 is 0 Å². The SMILES string of the molecule is CCNC(=NCc1ccc(N(C(=O)OC(C)(C)C)C2CC2)c(C)c1)NCCOCC.I. The number of halogens is 1. The summed E-state index contributed by atoms with van der Waals surface area (Å²) in [4.78, 5) is 19.2. The van der Waals surface area contributed by atoms with E-state index < -0.39 is 5.60 Å². The molecule has 0 atom stereocenters. The van der Waals surface area contributed by atoms with E-state index in [2.05, 4.69) is 21.7 Å². The number of aryl methyl sites for hydroxylation is 1. The molecule has 31 heavy (non-hydrogen) atoms. The van der Waals surface area contributed by atoms with E-state index in [-0.39, 0.29) is 36.1 Å². The van der Waals surface area contributed by atoms with Crippen molar-refractivity contribution in [2.24, 2.45) is 4.99 Å².